The first kappa shape index (κ1) is 14.8. The highest BCUT2D eigenvalue weighted by atomic mass is 16.5. The molecule has 2 saturated heterocycles. The molecule has 0 amide bonds. The van der Waals surface area contributed by atoms with Crippen LogP contribution in [0.3, 0.4) is 0 Å². The van der Waals surface area contributed by atoms with Gasteiger partial charge in [0.1, 0.15) is 5.75 Å². The molecule has 0 aromatic heterocycles. The summed E-state index contributed by atoms with van der Waals surface area (Å²) < 4.78 is 11.2. The van der Waals surface area contributed by atoms with E-state index in [0.29, 0.717) is 12.0 Å². The van der Waals surface area contributed by atoms with Crippen LogP contribution in [0, 0.1) is 5.92 Å². The monoisotopic (exact) mass is 290 g/mol. The SMILES string of the molecule is COc1ccccc1[C@H](C1CCOCC1)N1CCNCC1. The van der Waals surface area contributed by atoms with Crippen molar-refractivity contribution < 1.29 is 9.47 Å². The predicted molar refractivity (Wildman–Crippen MR) is 83.7 cm³/mol. The number of benzene rings is 1. The maximum Gasteiger partial charge on any atom is 0.123 e. The van der Waals surface area contributed by atoms with E-state index in [1.165, 1.54) is 5.56 Å². The van der Waals surface area contributed by atoms with E-state index in [4.69, 9.17) is 9.47 Å². The Hall–Kier alpha value is -1.10. The molecule has 0 spiro atoms. The van der Waals surface area contributed by atoms with Gasteiger partial charge in [0.15, 0.2) is 0 Å². The highest BCUT2D eigenvalue weighted by Crippen LogP contribution is 2.39. The molecule has 0 aliphatic carbocycles. The van der Waals surface area contributed by atoms with E-state index < -0.39 is 0 Å². The van der Waals surface area contributed by atoms with Crippen LogP contribution >= 0.6 is 0 Å². The number of nitrogens with zero attached hydrogens (tertiary/aromatic N) is 1. The van der Waals surface area contributed by atoms with Gasteiger partial charge in [-0.25, -0.2) is 0 Å². The first-order chi connectivity index (χ1) is 10.4. The van der Waals surface area contributed by atoms with Crippen molar-refractivity contribution in [3.63, 3.8) is 0 Å². The highest BCUT2D eigenvalue weighted by molar-refractivity contribution is 5.36. The van der Waals surface area contributed by atoms with Crippen LogP contribution in [-0.4, -0.2) is 51.4 Å². The van der Waals surface area contributed by atoms with Gasteiger partial charge in [0.2, 0.25) is 0 Å². The van der Waals surface area contributed by atoms with Crippen molar-refractivity contribution in [2.45, 2.75) is 18.9 Å². The highest BCUT2D eigenvalue weighted by Gasteiger charge is 2.32. The lowest BCUT2D eigenvalue weighted by Crippen LogP contribution is -2.47. The average Bonchev–Trinajstić information content (AvgIpc) is 2.58. The van der Waals surface area contributed by atoms with Gasteiger partial charge in [0.05, 0.1) is 7.11 Å². The molecule has 21 heavy (non-hydrogen) atoms. The van der Waals surface area contributed by atoms with Gasteiger partial charge in [-0.3, -0.25) is 4.90 Å². The van der Waals surface area contributed by atoms with E-state index in [9.17, 15) is 0 Å². The summed E-state index contributed by atoms with van der Waals surface area (Å²) in [4.78, 5) is 2.63. The molecule has 0 bridgehead atoms. The van der Waals surface area contributed by atoms with Crippen LogP contribution in [-0.2, 0) is 4.74 Å². The molecule has 0 unspecified atom stereocenters. The van der Waals surface area contributed by atoms with Crippen LogP contribution < -0.4 is 10.1 Å². The molecule has 2 heterocycles. The molecule has 1 N–H and O–H groups in total. The van der Waals surface area contributed by atoms with Gasteiger partial charge in [-0.15, -0.1) is 0 Å². The third-order valence-electron chi connectivity index (χ3n) is 4.72. The largest absolute Gasteiger partial charge is 0.496 e. The molecule has 2 aliphatic rings. The Balaban J connectivity index is 1.89. The first-order valence-corrected chi connectivity index (χ1v) is 8.05. The van der Waals surface area contributed by atoms with E-state index in [0.717, 1.165) is 58.0 Å². The number of para-hydroxylation sites is 1. The van der Waals surface area contributed by atoms with Crippen molar-refractivity contribution in [1.82, 2.24) is 10.2 Å². The number of hydrogen-bond acceptors (Lipinski definition) is 4. The second kappa shape index (κ2) is 7.25. The summed E-state index contributed by atoms with van der Waals surface area (Å²) in [6.45, 7) is 6.16. The second-order valence-electron chi connectivity index (χ2n) is 5.92. The fourth-order valence-corrected chi connectivity index (χ4v) is 3.65. The summed E-state index contributed by atoms with van der Waals surface area (Å²) in [5, 5.41) is 3.45. The van der Waals surface area contributed by atoms with Crippen LogP contribution in [0.2, 0.25) is 0 Å². The van der Waals surface area contributed by atoms with E-state index in [1.807, 2.05) is 0 Å². The number of rotatable bonds is 4. The fraction of sp³-hybridized carbons (Fsp3) is 0.647. The van der Waals surface area contributed by atoms with Crippen LogP contribution in [0.5, 0.6) is 5.75 Å². The smallest absolute Gasteiger partial charge is 0.123 e. The van der Waals surface area contributed by atoms with Gasteiger partial charge in [-0.05, 0) is 24.8 Å². The minimum Gasteiger partial charge on any atom is -0.496 e. The number of ether oxygens (including phenoxy) is 2. The zero-order valence-electron chi connectivity index (χ0n) is 12.9. The number of piperazine rings is 1. The molecule has 1 aromatic rings. The summed E-state index contributed by atoms with van der Waals surface area (Å²) >= 11 is 0. The summed E-state index contributed by atoms with van der Waals surface area (Å²) in [7, 11) is 1.78. The molecule has 2 fully saturated rings. The van der Waals surface area contributed by atoms with Crippen LogP contribution in [0.1, 0.15) is 24.4 Å². The second-order valence-corrected chi connectivity index (χ2v) is 5.92. The zero-order chi connectivity index (χ0) is 14.5. The van der Waals surface area contributed by atoms with Crippen molar-refractivity contribution in [2.24, 2.45) is 5.92 Å². The molecular weight excluding hydrogens is 264 g/mol. The molecule has 1 aromatic carbocycles. The third kappa shape index (κ3) is 3.39. The Bertz CT molecular complexity index is 422. The Morgan fingerprint density at radius 2 is 1.90 bits per heavy atom. The lowest BCUT2D eigenvalue weighted by Gasteiger charge is -2.41. The first-order valence-electron chi connectivity index (χ1n) is 8.05. The maximum absolute atomic E-state index is 5.63. The minimum absolute atomic E-state index is 0.451. The Morgan fingerprint density at radius 3 is 2.62 bits per heavy atom. The summed E-state index contributed by atoms with van der Waals surface area (Å²) in [6.07, 6.45) is 2.29. The topological polar surface area (TPSA) is 33.7 Å². The van der Waals surface area contributed by atoms with Gasteiger partial charge < -0.3 is 14.8 Å². The van der Waals surface area contributed by atoms with Crippen LogP contribution in [0.15, 0.2) is 24.3 Å². The Kier molecular flexibility index (Phi) is 5.12. The number of hydrogen-bond donors (Lipinski definition) is 1. The number of nitrogens with one attached hydrogen (secondary N) is 1. The van der Waals surface area contributed by atoms with Crippen molar-refractivity contribution in [3.05, 3.63) is 29.8 Å². The van der Waals surface area contributed by atoms with Gasteiger partial charge in [0.25, 0.3) is 0 Å². The molecule has 3 rings (SSSR count). The molecule has 2 aliphatic heterocycles. The van der Waals surface area contributed by atoms with E-state index in [2.05, 4.69) is 34.5 Å². The van der Waals surface area contributed by atoms with Gasteiger partial charge >= 0.3 is 0 Å². The van der Waals surface area contributed by atoms with Gasteiger partial charge in [0, 0.05) is 51.0 Å². The summed E-state index contributed by atoms with van der Waals surface area (Å²) in [6, 6.07) is 8.96. The van der Waals surface area contributed by atoms with Crippen molar-refractivity contribution >= 4 is 0 Å². The van der Waals surface area contributed by atoms with E-state index in [1.54, 1.807) is 7.11 Å². The standard InChI is InChI=1S/C17H26N2O2/c1-20-16-5-3-2-4-15(16)17(14-6-12-21-13-7-14)19-10-8-18-9-11-19/h2-5,14,17-18H,6-13H2,1H3/t17-/m0/s1. The lowest BCUT2D eigenvalue weighted by molar-refractivity contribution is 0.0206. The maximum atomic E-state index is 5.63. The summed E-state index contributed by atoms with van der Waals surface area (Å²) in [5.41, 5.74) is 1.34. The van der Waals surface area contributed by atoms with Crippen molar-refractivity contribution in [3.8, 4) is 5.75 Å². The molecule has 0 radical (unpaired) electrons. The van der Waals surface area contributed by atoms with Crippen molar-refractivity contribution in [1.29, 1.82) is 0 Å². The molecule has 4 nitrogen and oxygen atoms in total. The van der Waals surface area contributed by atoms with E-state index in [-0.39, 0.29) is 0 Å². The minimum atomic E-state index is 0.451. The molecule has 4 heteroatoms. The molecule has 1 atom stereocenters. The van der Waals surface area contributed by atoms with Gasteiger partial charge in [-0.2, -0.15) is 0 Å². The third-order valence-corrected chi connectivity index (χ3v) is 4.72. The molecule has 116 valence electrons. The fourth-order valence-electron chi connectivity index (χ4n) is 3.65. The van der Waals surface area contributed by atoms with Crippen LogP contribution in [0.25, 0.3) is 0 Å². The van der Waals surface area contributed by atoms with E-state index >= 15 is 0 Å². The van der Waals surface area contributed by atoms with Crippen molar-refractivity contribution in [2.75, 3.05) is 46.5 Å². The summed E-state index contributed by atoms with van der Waals surface area (Å²) in [5.74, 6) is 1.68. The van der Waals surface area contributed by atoms with Crippen LogP contribution in [0.4, 0.5) is 0 Å². The normalized spacial score (nSPS) is 22.9. The molecular formula is C17H26N2O2. The Labute approximate surface area is 127 Å². The van der Waals surface area contributed by atoms with Gasteiger partial charge in [-0.1, -0.05) is 18.2 Å². The lowest BCUT2D eigenvalue weighted by atomic mass is 9.85. The number of methoxy groups -OCH3 is 1. The average molecular weight is 290 g/mol. The predicted octanol–water partition coefficient (Wildman–Crippen LogP) is 2.07. The zero-order valence-corrected chi connectivity index (χ0v) is 12.9. The molecule has 0 saturated carbocycles. The quantitative estimate of drug-likeness (QED) is 0.920. The Morgan fingerprint density at radius 1 is 1.19 bits per heavy atom.